The summed E-state index contributed by atoms with van der Waals surface area (Å²) in [6.45, 7) is 4.31. The van der Waals surface area contributed by atoms with Gasteiger partial charge in [0.25, 0.3) is 0 Å². The maximum Gasteiger partial charge on any atom is 0.231 e. The number of aryl methyl sites for hydroxylation is 1. The zero-order valence-electron chi connectivity index (χ0n) is 16.4. The van der Waals surface area contributed by atoms with E-state index in [9.17, 15) is 4.79 Å². The third kappa shape index (κ3) is 3.86. The van der Waals surface area contributed by atoms with Crippen molar-refractivity contribution in [1.82, 2.24) is 5.32 Å². The van der Waals surface area contributed by atoms with Crippen LogP contribution in [0, 0.1) is 0 Å². The zero-order valence-corrected chi connectivity index (χ0v) is 16.4. The molecule has 2 aliphatic rings. The van der Waals surface area contributed by atoms with Crippen molar-refractivity contribution in [2.45, 2.75) is 44.8 Å². The van der Waals surface area contributed by atoms with Gasteiger partial charge in [-0.2, -0.15) is 0 Å². The monoisotopic (exact) mass is 383 g/mol. The second-order valence-corrected chi connectivity index (χ2v) is 7.78. The summed E-state index contributed by atoms with van der Waals surface area (Å²) in [6, 6.07) is 11.4. The predicted molar refractivity (Wildman–Crippen MR) is 104 cm³/mol. The molecule has 0 unspecified atom stereocenters. The van der Waals surface area contributed by atoms with Gasteiger partial charge in [-0.3, -0.25) is 4.79 Å². The van der Waals surface area contributed by atoms with Crippen molar-refractivity contribution in [1.29, 1.82) is 0 Å². The van der Waals surface area contributed by atoms with Gasteiger partial charge in [-0.25, -0.2) is 0 Å². The van der Waals surface area contributed by atoms with Crippen molar-refractivity contribution in [3.05, 3.63) is 47.5 Å². The van der Waals surface area contributed by atoms with E-state index in [2.05, 4.69) is 5.32 Å². The van der Waals surface area contributed by atoms with Crippen molar-refractivity contribution in [2.75, 3.05) is 13.9 Å². The molecule has 0 saturated carbocycles. The molecule has 1 N–H and O–H groups in total. The van der Waals surface area contributed by atoms with Crippen LogP contribution >= 0.6 is 0 Å². The average Bonchev–Trinajstić information content (AvgIpc) is 3.12. The Balaban J connectivity index is 1.42. The van der Waals surface area contributed by atoms with Gasteiger partial charge >= 0.3 is 0 Å². The molecule has 1 amide bonds. The van der Waals surface area contributed by atoms with Gasteiger partial charge in [0, 0.05) is 24.5 Å². The molecule has 0 saturated heterocycles. The molecule has 2 heterocycles. The number of fused-ring (bicyclic) bond motifs is 2. The van der Waals surface area contributed by atoms with Crippen LogP contribution in [0.3, 0.4) is 0 Å². The van der Waals surface area contributed by atoms with E-state index in [1.807, 2.05) is 50.2 Å². The SMILES string of the molecule is COc1ccc2c(c1)OC(C)(C)C[C@H]2NC(=O)CCc1ccc2c(c1)OCO2. The Morgan fingerprint density at radius 1 is 1.14 bits per heavy atom. The predicted octanol–water partition coefficient (Wildman–Crippen LogP) is 3.78. The number of rotatable bonds is 5. The van der Waals surface area contributed by atoms with Gasteiger partial charge in [-0.05, 0) is 50.1 Å². The molecular formula is C22H25NO5. The Bertz CT molecular complexity index is 892. The fourth-order valence-corrected chi connectivity index (χ4v) is 3.71. The summed E-state index contributed by atoms with van der Waals surface area (Å²) in [7, 11) is 1.63. The lowest BCUT2D eigenvalue weighted by atomic mass is 9.89. The first-order chi connectivity index (χ1) is 13.4. The van der Waals surface area contributed by atoms with Crippen LogP contribution in [-0.2, 0) is 11.2 Å². The lowest BCUT2D eigenvalue weighted by Crippen LogP contribution is -2.41. The quantitative estimate of drug-likeness (QED) is 0.851. The van der Waals surface area contributed by atoms with E-state index >= 15 is 0 Å². The molecule has 1 atom stereocenters. The minimum atomic E-state index is -0.366. The van der Waals surface area contributed by atoms with Crippen LogP contribution in [0.5, 0.6) is 23.0 Å². The lowest BCUT2D eigenvalue weighted by Gasteiger charge is -2.38. The number of hydrogen-bond acceptors (Lipinski definition) is 5. The van der Waals surface area contributed by atoms with Crippen LogP contribution in [-0.4, -0.2) is 25.4 Å². The summed E-state index contributed by atoms with van der Waals surface area (Å²) in [5.41, 5.74) is 1.67. The molecule has 2 aliphatic heterocycles. The molecule has 6 heteroatoms. The van der Waals surface area contributed by atoms with Crippen molar-refractivity contribution in [2.24, 2.45) is 0 Å². The van der Waals surface area contributed by atoms with Gasteiger partial charge in [0.2, 0.25) is 12.7 Å². The maximum atomic E-state index is 12.6. The van der Waals surface area contributed by atoms with E-state index in [1.165, 1.54) is 0 Å². The highest BCUT2D eigenvalue weighted by Gasteiger charge is 2.34. The van der Waals surface area contributed by atoms with Gasteiger partial charge in [-0.1, -0.05) is 6.07 Å². The van der Waals surface area contributed by atoms with Gasteiger partial charge in [0.15, 0.2) is 11.5 Å². The van der Waals surface area contributed by atoms with E-state index in [-0.39, 0.29) is 24.3 Å². The largest absolute Gasteiger partial charge is 0.497 e. The minimum Gasteiger partial charge on any atom is -0.497 e. The highest BCUT2D eigenvalue weighted by Crippen LogP contribution is 2.41. The second-order valence-electron chi connectivity index (χ2n) is 7.78. The van der Waals surface area contributed by atoms with Gasteiger partial charge < -0.3 is 24.3 Å². The molecule has 0 bridgehead atoms. The third-order valence-corrected chi connectivity index (χ3v) is 5.09. The zero-order chi connectivity index (χ0) is 19.7. The summed E-state index contributed by atoms with van der Waals surface area (Å²) in [5.74, 6) is 3.01. The molecule has 0 aliphatic carbocycles. The number of amides is 1. The summed E-state index contributed by atoms with van der Waals surface area (Å²) >= 11 is 0. The highest BCUT2D eigenvalue weighted by molar-refractivity contribution is 5.77. The molecule has 4 rings (SSSR count). The fraction of sp³-hybridized carbons (Fsp3) is 0.409. The first-order valence-electron chi connectivity index (χ1n) is 9.48. The van der Waals surface area contributed by atoms with E-state index in [0.29, 0.717) is 19.3 Å². The molecule has 0 fully saturated rings. The van der Waals surface area contributed by atoms with E-state index in [4.69, 9.17) is 18.9 Å². The number of benzene rings is 2. The first kappa shape index (κ1) is 18.5. The Kier molecular flexibility index (Phi) is 4.79. The Labute approximate surface area is 164 Å². The number of hydrogen-bond donors (Lipinski definition) is 1. The van der Waals surface area contributed by atoms with Gasteiger partial charge in [0.05, 0.1) is 13.2 Å². The third-order valence-electron chi connectivity index (χ3n) is 5.09. The average molecular weight is 383 g/mol. The summed E-state index contributed by atoms with van der Waals surface area (Å²) in [6.07, 6.45) is 1.76. The Morgan fingerprint density at radius 2 is 1.96 bits per heavy atom. The highest BCUT2D eigenvalue weighted by atomic mass is 16.7. The van der Waals surface area contributed by atoms with Crippen molar-refractivity contribution >= 4 is 5.91 Å². The molecule has 148 valence electrons. The van der Waals surface area contributed by atoms with E-state index in [1.54, 1.807) is 7.11 Å². The van der Waals surface area contributed by atoms with Crippen LogP contribution in [0.4, 0.5) is 0 Å². The number of carbonyl (C=O) groups excluding carboxylic acids is 1. The normalized spacial score (nSPS) is 18.8. The molecule has 28 heavy (non-hydrogen) atoms. The standard InChI is InChI=1S/C22H25NO5/c1-22(2)12-17(16-7-6-15(25-3)11-19(16)28-22)23-21(24)9-5-14-4-8-18-20(10-14)27-13-26-18/h4,6-8,10-11,17H,5,9,12-13H2,1-3H3,(H,23,24)/t17-/m1/s1. The Morgan fingerprint density at radius 3 is 2.79 bits per heavy atom. The summed E-state index contributed by atoms with van der Waals surface area (Å²) in [5, 5.41) is 3.18. The lowest BCUT2D eigenvalue weighted by molar-refractivity contribution is -0.122. The maximum absolute atomic E-state index is 12.6. The molecular weight excluding hydrogens is 358 g/mol. The smallest absolute Gasteiger partial charge is 0.231 e. The van der Waals surface area contributed by atoms with Crippen molar-refractivity contribution in [3.63, 3.8) is 0 Å². The second kappa shape index (κ2) is 7.26. The number of carbonyl (C=O) groups is 1. The molecule has 0 spiro atoms. The topological polar surface area (TPSA) is 66.0 Å². The first-order valence-corrected chi connectivity index (χ1v) is 9.48. The summed E-state index contributed by atoms with van der Waals surface area (Å²) < 4.78 is 22.1. The molecule has 2 aromatic rings. The van der Waals surface area contributed by atoms with Gasteiger partial charge in [-0.15, -0.1) is 0 Å². The van der Waals surface area contributed by atoms with Crippen molar-refractivity contribution < 1.29 is 23.7 Å². The van der Waals surface area contributed by atoms with Crippen LogP contribution in [0.1, 0.15) is 43.9 Å². The van der Waals surface area contributed by atoms with Crippen LogP contribution in [0.15, 0.2) is 36.4 Å². The Hall–Kier alpha value is -2.89. The molecule has 0 radical (unpaired) electrons. The van der Waals surface area contributed by atoms with Crippen LogP contribution in [0.25, 0.3) is 0 Å². The van der Waals surface area contributed by atoms with Crippen molar-refractivity contribution in [3.8, 4) is 23.0 Å². The van der Waals surface area contributed by atoms with Gasteiger partial charge in [0.1, 0.15) is 17.1 Å². The number of nitrogens with one attached hydrogen (secondary N) is 1. The van der Waals surface area contributed by atoms with E-state index in [0.717, 1.165) is 34.1 Å². The molecule has 6 nitrogen and oxygen atoms in total. The minimum absolute atomic E-state index is 0.0159. The summed E-state index contributed by atoms with van der Waals surface area (Å²) in [4.78, 5) is 12.6. The fourth-order valence-electron chi connectivity index (χ4n) is 3.71. The number of methoxy groups -OCH3 is 1. The molecule has 0 aromatic heterocycles. The van der Waals surface area contributed by atoms with E-state index < -0.39 is 0 Å². The molecule has 2 aromatic carbocycles. The van der Waals surface area contributed by atoms with Crippen LogP contribution < -0.4 is 24.3 Å². The van der Waals surface area contributed by atoms with Crippen LogP contribution in [0.2, 0.25) is 0 Å². The number of ether oxygens (including phenoxy) is 4.